The monoisotopic (exact) mass is 288 g/mol. The van der Waals surface area contributed by atoms with Crippen LogP contribution in [0.3, 0.4) is 0 Å². The van der Waals surface area contributed by atoms with Gasteiger partial charge in [0.15, 0.2) is 0 Å². The Hall–Kier alpha value is -1.23. The first-order valence-electron chi connectivity index (χ1n) is 7.10. The predicted octanol–water partition coefficient (Wildman–Crippen LogP) is 2.98. The van der Waals surface area contributed by atoms with E-state index in [1.165, 1.54) is 16.0 Å². The van der Waals surface area contributed by atoms with Crippen molar-refractivity contribution in [1.82, 2.24) is 10.3 Å². The molecular formula is C16H20N2OS. The van der Waals surface area contributed by atoms with E-state index in [0.29, 0.717) is 18.6 Å². The van der Waals surface area contributed by atoms with Gasteiger partial charge in [0, 0.05) is 19.2 Å². The second kappa shape index (κ2) is 6.04. The van der Waals surface area contributed by atoms with Gasteiger partial charge in [0.1, 0.15) is 0 Å². The molecular weight excluding hydrogens is 268 g/mol. The van der Waals surface area contributed by atoms with E-state index >= 15 is 0 Å². The van der Waals surface area contributed by atoms with Crippen LogP contribution in [0.4, 0.5) is 0 Å². The number of nitrogens with one attached hydrogen (secondary N) is 1. The number of hydrogen-bond acceptors (Lipinski definition) is 4. The molecule has 3 nitrogen and oxygen atoms in total. The summed E-state index contributed by atoms with van der Waals surface area (Å²) in [4.78, 5) is 5.55. The lowest BCUT2D eigenvalue weighted by Gasteiger charge is -2.34. The summed E-state index contributed by atoms with van der Waals surface area (Å²) in [5.74, 6) is 0.518. The third kappa shape index (κ3) is 2.92. The van der Waals surface area contributed by atoms with Crippen LogP contribution >= 0.6 is 11.3 Å². The molecule has 1 saturated carbocycles. The quantitative estimate of drug-likeness (QED) is 0.889. The first-order valence-corrected chi connectivity index (χ1v) is 7.98. The molecule has 2 N–H and O–H groups in total. The number of hydrogen-bond donors (Lipinski definition) is 2. The average Bonchev–Trinajstić information content (AvgIpc) is 2.84. The first-order chi connectivity index (χ1) is 9.76. The Morgan fingerprint density at radius 1 is 1.30 bits per heavy atom. The molecule has 0 atom stereocenters. The van der Waals surface area contributed by atoms with Gasteiger partial charge in [0.2, 0.25) is 0 Å². The fourth-order valence-electron chi connectivity index (χ4n) is 2.67. The molecule has 1 aliphatic rings. The molecule has 0 unspecified atom stereocenters. The summed E-state index contributed by atoms with van der Waals surface area (Å²) in [5.41, 5.74) is 5.56. The fourth-order valence-corrected chi connectivity index (χ4v) is 3.48. The van der Waals surface area contributed by atoms with Crippen LogP contribution in [0.2, 0.25) is 0 Å². The summed E-state index contributed by atoms with van der Waals surface area (Å²) in [6, 6.07) is 9.30. The van der Waals surface area contributed by atoms with E-state index in [9.17, 15) is 0 Å². The lowest BCUT2D eigenvalue weighted by molar-refractivity contribution is 0.126. The summed E-state index contributed by atoms with van der Waals surface area (Å²) in [5, 5.41) is 12.5. The van der Waals surface area contributed by atoms with Crippen molar-refractivity contribution >= 4 is 11.3 Å². The Bertz CT molecular complexity index is 558. The van der Waals surface area contributed by atoms with Gasteiger partial charge in [-0.25, -0.2) is 4.98 Å². The van der Waals surface area contributed by atoms with Crippen molar-refractivity contribution in [3.63, 3.8) is 0 Å². The van der Waals surface area contributed by atoms with Crippen LogP contribution in [-0.2, 0) is 6.54 Å². The van der Waals surface area contributed by atoms with Gasteiger partial charge >= 0.3 is 0 Å². The number of aromatic nitrogens is 1. The highest BCUT2D eigenvalue weighted by Gasteiger charge is 2.27. The second-order valence-corrected chi connectivity index (χ2v) is 6.42. The topological polar surface area (TPSA) is 45.2 Å². The van der Waals surface area contributed by atoms with Crippen LogP contribution in [0, 0.1) is 12.8 Å². The summed E-state index contributed by atoms with van der Waals surface area (Å²) >= 11 is 1.69. The minimum absolute atomic E-state index is 0.334. The number of nitrogens with zero attached hydrogens (tertiary/aromatic N) is 1. The van der Waals surface area contributed by atoms with Gasteiger partial charge in [-0.05, 0) is 36.8 Å². The Balaban J connectivity index is 1.56. The van der Waals surface area contributed by atoms with Gasteiger partial charge < -0.3 is 10.4 Å². The fraction of sp³-hybridized carbons (Fsp3) is 0.438. The molecule has 4 heteroatoms. The third-order valence-corrected chi connectivity index (χ3v) is 5.03. The zero-order valence-electron chi connectivity index (χ0n) is 11.7. The van der Waals surface area contributed by atoms with Gasteiger partial charge in [0.05, 0.1) is 16.1 Å². The molecule has 0 spiro atoms. The molecule has 1 aliphatic carbocycles. The van der Waals surface area contributed by atoms with E-state index < -0.39 is 0 Å². The average molecular weight is 288 g/mol. The van der Waals surface area contributed by atoms with Gasteiger partial charge in [-0.2, -0.15) is 0 Å². The molecule has 1 heterocycles. The summed E-state index contributed by atoms with van der Waals surface area (Å²) in [6.45, 7) is 3.29. The highest BCUT2D eigenvalue weighted by molar-refractivity contribution is 7.13. The van der Waals surface area contributed by atoms with Crippen LogP contribution in [0.5, 0.6) is 0 Å². The summed E-state index contributed by atoms with van der Waals surface area (Å²) < 4.78 is 0. The Kier molecular flexibility index (Phi) is 4.15. The number of rotatable bonds is 5. The van der Waals surface area contributed by atoms with Crippen LogP contribution < -0.4 is 5.32 Å². The minimum Gasteiger partial charge on any atom is -0.396 e. The Morgan fingerprint density at radius 3 is 2.65 bits per heavy atom. The number of benzene rings is 1. The van der Waals surface area contributed by atoms with Crippen molar-refractivity contribution in [3.05, 3.63) is 41.0 Å². The molecule has 0 saturated heterocycles. The molecule has 20 heavy (non-hydrogen) atoms. The van der Waals surface area contributed by atoms with Crippen LogP contribution in [0.1, 0.15) is 24.1 Å². The van der Waals surface area contributed by atoms with Crippen LogP contribution in [-0.4, -0.2) is 22.7 Å². The Morgan fingerprint density at radius 2 is 2.05 bits per heavy atom. The van der Waals surface area contributed by atoms with E-state index in [-0.39, 0.29) is 0 Å². The van der Waals surface area contributed by atoms with Gasteiger partial charge in [-0.1, -0.05) is 24.3 Å². The molecule has 2 aromatic rings. The summed E-state index contributed by atoms with van der Waals surface area (Å²) in [6.07, 6.45) is 2.21. The number of aliphatic hydroxyl groups excluding tert-OH is 1. The van der Waals surface area contributed by atoms with Crippen molar-refractivity contribution in [2.45, 2.75) is 32.4 Å². The van der Waals surface area contributed by atoms with Crippen LogP contribution in [0.15, 0.2) is 29.8 Å². The largest absolute Gasteiger partial charge is 0.396 e. The molecule has 1 aromatic carbocycles. The Labute approximate surface area is 123 Å². The van der Waals surface area contributed by atoms with Crippen molar-refractivity contribution in [1.29, 1.82) is 0 Å². The first kappa shape index (κ1) is 13.7. The molecule has 0 radical (unpaired) electrons. The molecule has 106 valence electrons. The molecule has 0 aliphatic heterocycles. The van der Waals surface area contributed by atoms with Crippen LogP contribution in [0.25, 0.3) is 10.4 Å². The second-order valence-electron chi connectivity index (χ2n) is 5.56. The standard InChI is InChI=1S/C16H20N2OS/c1-11-16(20-10-18-11)14-4-2-12(3-5-14)8-17-15-6-13(7-15)9-19/h2-5,10,13,15,17,19H,6-9H2,1H3. The van der Waals surface area contributed by atoms with Crippen molar-refractivity contribution < 1.29 is 5.11 Å². The SMILES string of the molecule is Cc1ncsc1-c1ccc(CNC2CC(CO)C2)cc1. The number of thiazole rings is 1. The predicted molar refractivity (Wildman–Crippen MR) is 82.7 cm³/mol. The lowest BCUT2D eigenvalue weighted by Crippen LogP contribution is -2.42. The molecule has 1 fully saturated rings. The van der Waals surface area contributed by atoms with E-state index in [0.717, 1.165) is 25.1 Å². The zero-order valence-corrected chi connectivity index (χ0v) is 12.5. The highest BCUT2D eigenvalue weighted by Crippen LogP contribution is 2.28. The van der Waals surface area contributed by atoms with Crippen molar-refractivity contribution in [3.8, 4) is 10.4 Å². The third-order valence-electron chi connectivity index (χ3n) is 4.05. The van der Waals surface area contributed by atoms with Crippen molar-refractivity contribution in [2.75, 3.05) is 6.61 Å². The maximum atomic E-state index is 9.00. The lowest BCUT2D eigenvalue weighted by atomic mass is 9.81. The number of aryl methyl sites for hydroxylation is 1. The minimum atomic E-state index is 0.334. The van der Waals surface area contributed by atoms with E-state index in [1.54, 1.807) is 11.3 Å². The molecule has 1 aromatic heterocycles. The van der Waals surface area contributed by atoms with Gasteiger partial charge in [-0.15, -0.1) is 11.3 Å². The maximum Gasteiger partial charge on any atom is 0.0801 e. The smallest absolute Gasteiger partial charge is 0.0801 e. The zero-order chi connectivity index (χ0) is 13.9. The normalized spacial score (nSPS) is 21.7. The number of aliphatic hydroxyl groups is 1. The highest BCUT2D eigenvalue weighted by atomic mass is 32.1. The van der Waals surface area contributed by atoms with Gasteiger partial charge in [-0.3, -0.25) is 0 Å². The van der Waals surface area contributed by atoms with E-state index in [4.69, 9.17) is 5.11 Å². The summed E-state index contributed by atoms with van der Waals surface area (Å²) in [7, 11) is 0. The van der Waals surface area contributed by atoms with Gasteiger partial charge in [0.25, 0.3) is 0 Å². The van der Waals surface area contributed by atoms with E-state index in [1.807, 2.05) is 5.51 Å². The maximum absolute atomic E-state index is 9.00. The molecule has 0 amide bonds. The van der Waals surface area contributed by atoms with Crippen molar-refractivity contribution in [2.24, 2.45) is 5.92 Å². The molecule has 0 bridgehead atoms. The van der Waals surface area contributed by atoms with E-state index in [2.05, 4.69) is 41.5 Å². The molecule has 3 rings (SSSR count).